The third-order valence-electron chi connectivity index (χ3n) is 3.11. The Hall–Kier alpha value is -2.21. The van der Waals surface area contributed by atoms with E-state index < -0.39 is 18.2 Å². The molecule has 21 heavy (non-hydrogen) atoms. The molecule has 1 N–H and O–H groups in total. The number of aromatic nitrogens is 1. The van der Waals surface area contributed by atoms with E-state index in [1.165, 1.54) is 35.0 Å². The van der Waals surface area contributed by atoms with Gasteiger partial charge < -0.3 is 9.67 Å². The van der Waals surface area contributed by atoms with E-state index in [4.69, 9.17) is 13.0 Å². The van der Waals surface area contributed by atoms with E-state index in [9.17, 15) is 13.6 Å². The lowest BCUT2D eigenvalue weighted by atomic mass is 9.91. The van der Waals surface area contributed by atoms with Crippen LogP contribution < -0.4 is 5.56 Å². The monoisotopic (exact) mass is 287 g/mol. The summed E-state index contributed by atoms with van der Waals surface area (Å²) >= 11 is 0. The van der Waals surface area contributed by atoms with Crippen LogP contribution in [0.15, 0.2) is 41.8 Å². The van der Waals surface area contributed by atoms with E-state index >= 15 is 0 Å². The second-order valence-corrected chi connectivity index (χ2v) is 4.58. The van der Waals surface area contributed by atoms with Crippen LogP contribution in [0.1, 0.15) is 16.7 Å². The average molecular weight is 287 g/mol. The highest BCUT2D eigenvalue weighted by molar-refractivity contribution is 6.41. The summed E-state index contributed by atoms with van der Waals surface area (Å²) < 4.78 is 28.7. The van der Waals surface area contributed by atoms with Crippen LogP contribution in [0.5, 0.6) is 0 Å². The summed E-state index contributed by atoms with van der Waals surface area (Å²) in [6.07, 6.45) is 1.43. The highest BCUT2D eigenvalue weighted by atomic mass is 19.2. The van der Waals surface area contributed by atoms with Crippen molar-refractivity contribution in [2.75, 3.05) is 0 Å². The lowest BCUT2D eigenvalue weighted by Gasteiger charge is -2.11. The van der Waals surface area contributed by atoms with Crippen molar-refractivity contribution in [2.45, 2.75) is 13.2 Å². The lowest BCUT2D eigenvalue weighted by Crippen LogP contribution is -2.20. The lowest BCUT2D eigenvalue weighted by molar-refractivity contribution is 0.273. The maximum atomic E-state index is 13.9. The van der Waals surface area contributed by atoms with Crippen molar-refractivity contribution in [3.63, 3.8) is 0 Å². The van der Waals surface area contributed by atoms with Gasteiger partial charge in [-0.15, -0.1) is 6.58 Å². The summed E-state index contributed by atoms with van der Waals surface area (Å²) in [6.45, 7) is 2.82. The van der Waals surface area contributed by atoms with E-state index in [1.807, 2.05) is 0 Å². The van der Waals surface area contributed by atoms with Crippen molar-refractivity contribution in [3.8, 4) is 0 Å². The molecule has 2 rings (SSSR count). The maximum Gasteiger partial charge on any atom is 0.250 e. The molecule has 0 aliphatic rings. The molecule has 6 heteroatoms. The van der Waals surface area contributed by atoms with Gasteiger partial charge >= 0.3 is 0 Å². The number of hydrogen-bond donors (Lipinski definition) is 1. The Labute approximate surface area is 121 Å². The smallest absolute Gasteiger partial charge is 0.250 e. The van der Waals surface area contributed by atoms with Gasteiger partial charge in [0, 0.05) is 23.4 Å². The molecule has 0 bridgehead atoms. The van der Waals surface area contributed by atoms with Gasteiger partial charge in [-0.25, -0.2) is 8.78 Å². The van der Waals surface area contributed by atoms with E-state index in [2.05, 4.69) is 6.58 Å². The third-order valence-corrected chi connectivity index (χ3v) is 3.11. The first-order valence-electron chi connectivity index (χ1n) is 6.16. The average Bonchev–Trinajstić information content (AvgIpc) is 2.46. The van der Waals surface area contributed by atoms with E-state index in [-0.39, 0.29) is 28.7 Å². The fourth-order valence-electron chi connectivity index (χ4n) is 1.90. The molecule has 106 valence electrons. The Bertz CT molecular complexity index is 756. The Morgan fingerprint density at radius 2 is 1.81 bits per heavy atom. The highest BCUT2D eigenvalue weighted by Gasteiger charge is 2.13. The van der Waals surface area contributed by atoms with Crippen LogP contribution in [0, 0.1) is 11.6 Å². The fourth-order valence-corrected chi connectivity index (χ4v) is 1.90. The van der Waals surface area contributed by atoms with Crippen LogP contribution in [-0.4, -0.2) is 17.5 Å². The highest BCUT2D eigenvalue weighted by Crippen LogP contribution is 2.17. The van der Waals surface area contributed by atoms with Gasteiger partial charge in [-0.1, -0.05) is 17.6 Å². The number of aliphatic hydroxyl groups excluding tert-OH is 1. The fraction of sp³-hybridized carbons (Fsp3) is 0.133. The maximum absolute atomic E-state index is 13.9. The van der Waals surface area contributed by atoms with Crippen LogP contribution in [0.4, 0.5) is 8.78 Å². The van der Waals surface area contributed by atoms with Gasteiger partial charge in [-0.3, -0.25) is 4.79 Å². The molecule has 0 saturated carbocycles. The molecule has 0 aliphatic carbocycles. The summed E-state index contributed by atoms with van der Waals surface area (Å²) in [6, 6.07) is 5.40. The predicted molar refractivity (Wildman–Crippen MR) is 76.9 cm³/mol. The van der Waals surface area contributed by atoms with Gasteiger partial charge in [0.25, 0.3) is 5.56 Å². The van der Waals surface area contributed by atoms with Crippen LogP contribution in [0.2, 0.25) is 0 Å². The normalized spacial score (nSPS) is 10.6. The minimum atomic E-state index is -1.11. The first-order valence-corrected chi connectivity index (χ1v) is 6.16. The van der Waals surface area contributed by atoms with Gasteiger partial charge in [0.15, 0.2) is 11.6 Å². The molecule has 0 unspecified atom stereocenters. The van der Waals surface area contributed by atoms with Gasteiger partial charge in [0.2, 0.25) is 0 Å². The summed E-state index contributed by atoms with van der Waals surface area (Å²) in [4.78, 5) is 11.8. The minimum absolute atomic E-state index is 0.00610. The van der Waals surface area contributed by atoms with Crippen LogP contribution in [-0.2, 0) is 13.2 Å². The Morgan fingerprint density at radius 1 is 1.19 bits per heavy atom. The zero-order chi connectivity index (χ0) is 15.6. The SMILES string of the molecule is [B]C(=C)c1ccc(=O)n(Cc2ccc(CO)c(F)c2F)c1. The second-order valence-electron chi connectivity index (χ2n) is 4.58. The van der Waals surface area contributed by atoms with E-state index in [1.54, 1.807) is 0 Å². The molecule has 2 radical (unpaired) electrons. The molecule has 1 heterocycles. The van der Waals surface area contributed by atoms with Crippen molar-refractivity contribution in [1.82, 2.24) is 4.57 Å². The third kappa shape index (κ3) is 3.11. The topological polar surface area (TPSA) is 42.2 Å². The predicted octanol–water partition coefficient (Wildman–Crippen LogP) is 1.81. The number of benzene rings is 1. The summed E-state index contributed by atoms with van der Waals surface area (Å²) in [5, 5.41) is 8.88. The molecule has 0 fully saturated rings. The van der Waals surface area contributed by atoms with Crippen LogP contribution in [0.3, 0.4) is 0 Å². The molecular formula is C15H12BF2NO2. The summed E-state index contributed by atoms with van der Waals surface area (Å²) in [7, 11) is 5.55. The molecular weight excluding hydrogens is 275 g/mol. The molecule has 3 nitrogen and oxygen atoms in total. The first-order chi connectivity index (χ1) is 9.93. The number of halogens is 2. The molecule has 0 amide bonds. The molecule has 1 aromatic carbocycles. The number of nitrogens with zero attached hydrogens (tertiary/aromatic N) is 1. The number of hydrogen-bond acceptors (Lipinski definition) is 2. The van der Waals surface area contributed by atoms with Crippen molar-refractivity contribution in [1.29, 1.82) is 0 Å². The summed E-state index contributed by atoms with van der Waals surface area (Å²) in [5.74, 6) is -2.19. The Kier molecular flexibility index (Phi) is 4.38. The molecule has 1 aromatic heterocycles. The van der Waals surface area contributed by atoms with E-state index in [0.29, 0.717) is 5.56 Å². The summed E-state index contributed by atoms with van der Waals surface area (Å²) in [5.41, 5.74) is 0.304. The Morgan fingerprint density at radius 3 is 2.43 bits per heavy atom. The number of pyridine rings is 1. The van der Waals surface area contributed by atoms with Gasteiger partial charge in [-0.05, 0) is 11.6 Å². The van der Waals surface area contributed by atoms with Gasteiger partial charge in [0.1, 0.15) is 7.85 Å². The number of aliphatic hydroxyl groups is 1. The first kappa shape index (κ1) is 15.2. The minimum Gasteiger partial charge on any atom is -0.392 e. The van der Waals surface area contributed by atoms with Gasteiger partial charge in [-0.2, -0.15) is 0 Å². The molecule has 0 atom stereocenters. The zero-order valence-corrected chi connectivity index (χ0v) is 11.1. The van der Waals surface area contributed by atoms with Crippen LogP contribution >= 0.6 is 0 Å². The number of rotatable bonds is 4. The second kappa shape index (κ2) is 6.05. The van der Waals surface area contributed by atoms with E-state index in [0.717, 1.165) is 0 Å². The van der Waals surface area contributed by atoms with Crippen molar-refractivity contribution < 1.29 is 13.9 Å². The molecule has 0 aliphatic heterocycles. The van der Waals surface area contributed by atoms with Crippen molar-refractivity contribution in [3.05, 3.63) is 75.7 Å². The van der Waals surface area contributed by atoms with Gasteiger partial charge in [0.05, 0.1) is 13.2 Å². The molecule has 2 aromatic rings. The largest absolute Gasteiger partial charge is 0.392 e. The van der Waals surface area contributed by atoms with Crippen molar-refractivity contribution >= 4 is 13.3 Å². The molecule has 0 saturated heterocycles. The quantitative estimate of drug-likeness (QED) is 0.871. The zero-order valence-electron chi connectivity index (χ0n) is 11.1. The molecule has 0 spiro atoms. The Balaban J connectivity index is 2.43. The standard InChI is InChI=1S/C15H12BF2NO2/c1-9(16)10-4-5-13(21)19(6-10)7-11-2-3-12(8-20)15(18)14(11)17/h2-6,20H,1,7-8H2. The van der Waals surface area contributed by atoms with Crippen LogP contribution in [0.25, 0.3) is 5.47 Å². The van der Waals surface area contributed by atoms with Crippen molar-refractivity contribution in [2.24, 2.45) is 0 Å².